The number of rotatable bonds is 2. The Kier molecular flexibility index (Phi) is 2.51. The molecule has 1 fully saturated rings. The molecule has 15 heavy (non-hydrogen) atoms. The fraction of sp³-hybridized carbons (Fsp3) is 0.444. The van der Waals surface area contributed by atoms with Gasteiger partial charge in [-0.05, 0) is 6.07 Å². The van der Waals surface area contributed by atoms with Crippen LogP contribution in [-0.4, -0.2) is 47.2 Å². The summed E-state index contributed by atoms with van der Waals surface area (Å²) in [4.78, 5) is 24.2. The van der Waals surface area contributed by atoms with E-state index < -0.39 is 0 Å². The summed E-state index contributed by atoms with van der Waals surface area (Å²) in [6, 6.07) is 2.96. The standard InChI is InChI=1S/C9H12N4O2/c1-13(6-4-10-5-6)9(15)7-2-3-8(14)12-11-7/h2-3,6,10H,4-5H2,1H3,(H,12,14). The fourth-order valence-corrected chi connectivity index (χ4v) is 1.36. The molecule has 6 heteroatoms. The van der Waals surface area contributed by atoms with E-state index in [1.54, 1.807) is 11.9 Å². The predicted molar refractivity (Wildman–Crippen MR) is 53.6 cm³/mol. The summed E-state index contributed by atoms with van der Waals surface area (Å²) in [5, 5.41) is 9.02. The molecule has 0 unspecified atom stereocenters. The first-order chi connectivity index (χ1) is 7.18. The largest absolute Gasteiger partial charge is 0.335 e. The molecule has 1 aliphatic heterocycles. The smallest absolute Gasteiger partial charge is 0.274 e. The minimum Gasteiger partial charge on any atom is -0.335 e. The van der Waals surface area contributed by atoms with E-state index in [1.807, 2.05) is 0 Å². The molecule has 0 saturated carbocycles. The Morgan fingerprint density at radius 3 is 2.73 bits per heavy atom. The Labute approximate surface area is 86.3 Å². The number of nitrogens with one attached hydrogen (secondary N) is 2. The SMILES string of the molecule is CN(C(=O)c1ccc(=O)[nH]n1)C1CNC1. The lowest BCUT2D eigenvalue weighted by atomic mass is 10.1. The maximum atomic E-state index is 11.8. The van der Waals surface area contributed by atoms with Crippen LogP contribution in [0.1, 0.15) is 10.5 Å². The van der Waals surface area contributed by atoms with Gasteiger partial charge in [0, 0.05) is 26.2 Å². The molecule has 2 rings (SSSR count). The van der Waals surface area contributed by atoms with Gasteiger partial charge in [0.1, 0.15) is 5.69 Å². The van der Waals surface area contributed by atoms with Crippen LogP contribution in [0.25, 0.3) is 0 Å². The highest BCUT2D eigenvalue weighted by Gasteiger charge is 2.26. The molecule has 0 aromatic carbocycles. The van der Waals surface area contributed by atoms with Crippen LogP contribution in [0.15, 0.2) is 16.9 Å². The van der Waals surface area contributed by atoms with Crippen molar-refractivity contribution in [1.29, 1.82) is 0 Å². The van der Waals surface area contributed by atoms with E-state index in [1.165, 1.54) is 12.1 Å². The predicted octanol–water partition coefficient (Wildman–Crippen LogP) is -1.19. The first kappa shape index (κ1) is 9.85. The lowest BCUT2D eigenvalue weighted by Gasteiger charge is -2.35. The van der Waals surface area contributed by atoms with E-state index in [9.17, 15) is 9.59 Å². The zero-order chi connectivity index (χ0) is 10.8. The topological polar surface area (TPSA) is 78.1 Å². The van der Waals surface area contributed by atoms with Gasteiger partial charge in [0.05, 0.1) is 6.04 Å². The van der Waals surface area contributed by atoms with E-state index in [0.717, 1.165) is 13.1 Å². The average Bonchev–Trinajstić information content (AvgIpc) is 2.15. The normalized spacial score (nSPS) is 15.8. The van der Waals surface area contributed by atoms with Crippen molar-refractivity contribution in [3.63, 3.8) is 0 Å². The minimum absolute atomic E-state index is 0.169. The van der Waals surface area contributed by atoms with Crippen molar-refractivity contribution in [1.82, 2.24) is 20.4 Å². The van der Waals surface area contributed by atoms with Crippen molar-refractivity contribution in [2.45, 2.75) is 6.04 Å². The average molecular weight is 208 g/mol. The summed E-state index contributed by atoms with van der Waals surface area (Å²) in [5.74, 6) is -0.169. The molecule has 0 radical (unpaired) electrons. The van der Waals surface area contributed by atoms with E-state index >= 15 is 0 Å². The fourth-order valence-electron chi connectivity index (χ4n) is 1.36. The van der Waals surface area contributed by atoms with Crippen molar-refractivity contribution < 1.29 is 4.79 Å². The van der Waals surface area contributed by atoms with Crippen LogP contribution in [0, 0.1) is 0 Å². The number of aromatic nitrogens is 2. The lowest BCUT2D eigenvalue weighted by Crippen LogP contribution is -2.57. The Bertz CT molecular complexity index is 404. The molecule has 80 valence electrons. The van der Waals surface area contributed by atoms with Crippen molar-refractivity contribution >= 4 is 5.91 Å². The van der Waals surface area contributed by atoms with Gasteiger partial charge < -0.3 is 10.2 Å². The van der Waals surface area contributed by atoms with Gasteiger partial charge in [-0.2, -0.15) is 5.10 Å². The van der Waals surface area contributed by atoms with E-state index in [0.29, 0.717) is 0 Å². The van der Waals surface area contributed by atoms with E-state index in [-0.39, 0.29) is 23.2 Å². The molecule has 0 spiro atoms. The van der Waals surface area contributed by atoms with Crippen molar-refractivity contribution in [2.75, 3.05) is 20.1 Å². The van der Waals surface area contributed by atoms with Crippen LogP contribution in [0.2, 0.25) is 0 Å². The maximum Gasteiger partial charge on any atom is 0.274 e. The second-order valence-electron chi connectivity index (χ2n) is 3.53. The number of amides is 1. The minimum atomic E-state index is -0.306. The molecular formula is C9H12N4O2. The molecule has 1 aliphatic rings. The third-order valence-electron chi connectivity index (χ3n) is 2.53. The zero-order valence-corrected chi connectivity index (χ0v) is 8.36. The summed E-state index contributed by atoms with van der Waals surface area (Å²) in [6.45, 7) is 1.62. The highest BCUT2D eigenvalue weighted by molar-refractivity contribution is 5.92. The quantitative estimate of drug-likeness (QED) is 0.641. The number of carbonyl (C=O) groups excluding carboxylic acids is 1. The molecule has 0 atom stereocenters. The Morgan fingerprint density at radius 1 is 1.53 bits per heavy atom. The van der Waals surface area contributed by atoms with Crippen LogP contribution in [0.5, 0.6) is 0 Å². The number of nitrogens with zero attached hydrogens (tertiary/aromatic N) is 2. The summed E-state index contributed by atoms with van der Waals surface area (Å²) in [6.07, 6.45) is 0. The highest BCUT2D eigenvalue weighted by atomic mass is 16.2. The van der Waals surface area contributed by atoms with Crippen molar-refractivity contribution in [3.05, 3.63) is 28.2 Å². The van der Waals surface area contributed by atoms with E-state index in [4.69, 9.17) is 0 Å². The number of hydrogen-bond donors (Lipinski definition) is 2. The summed E-state index contributed by atoms with van der Waals surface area (Å²) in [7, 11) is 1.74. The molecule has 2 N–H and O–H groups in total. The summed E-state index contributed by atoms with van der Waals surface area (Å²) < 4.78 is 0. The molecule has 1 aromatic heterocycles. The molecule has 1 saturated heterocycles. The van der Waals surface area contributed by atoms with Gasteiger partial charge in [-0.15, -0.1) is 0 Å². The first-order valence-corrected chi connectivity index (χ1v) is 4.72. The van der Waals surface area contributed by atoms with Gasteiger partial charge in [-0.25, -0.2) is 5.10 Å². The van der Waals surface area contributed by atoms with E-state index in [2.05, 4.69) is 15.5 Å². The van der Waals surface area contributed by atoms with Gasteiger partial charge >= 0.3 is 0 Å². The monoisotopic (exact) mass is 208 g/mol. The number of carbonyl (C=O) groups is 1. The molecule has 6 nitrogen and oxygen atoms in total. The van der Waals surface area contributed by atoms with Crippen molar-refractivity contribution in [2.24, 2.45) is 0 Å². The number of hydrogen-bond acceptors (Lipinski definition) is 4. The Balaban J connectivity index is 2.12. The van der Waals surface area contributed by atoms with Gasteiger partial charge in [0.15, 0.2) is 0 Å². The number of aromatic amines is 1. The second kappa shape index (κ2) is 3.82. The molecule has 1 amide bonds. The second-order valence-corrected chi connectivity index (χ2v) is 3.53. The Morgan fingerprint density at radius 2 is 2.27 bits per heavy atom. The summed E-state index contributed by atoms with van der Waals surface area (Å²) >= 11 is 0. The maximum absolute atomic E-state index is 11.8. The molecule has 0 aliphatic carbocycles. The highest BCUT2D eigenvalue weighted by Crippen LogP contribution is 2.05. The van der Waals surface area contributed by atoms with Crippen molar-refractivity contribution in [3.8, 4) is 0 Å². The van der Waals surface area contributed by atoms with Gasteiger partial charge in [-0.1, -0.05) is 0 Å². The zero-order valence-electron chi connectivity index (χ0n) is 8.36. The lowest BCUT2D eigenvalue weighted by molar-refractivity contribution is 0.0674. The van der Waals surface area contributed by atoms with Gasteiger partial charge in [0.2, 0.25) is 0 Å². The summed E-state index contributed by atoms with van der Waals surface area (Å²) in [5.41, 5.74) is -0.0384. The molecule has 0 bridgehead atoms. The van der Waals surface area contributed by atoms with Crippen LogP contribution >= 0.6 is 0 Å². The van der Waals surface area contributed by atoms with Gasteiger partial charge in [-0.3, -0.25) is 9.59 Å². The third-order valence-corrected chi connectivity index (χ3v) is 2.53. The van der Waals surface area contributed by atoms with Crippen LogP contribution in [0.3, 0.4) is 0 Å². The van der Waals surface area contributed by atoms with Crippen LogP contribution < -0.4 is 10.9 Å². The Hall–Kier alpha value is -1.69. The third kappa shape index (κ3) is 1.89. The van der Waals surface area contributed by atoms with Gasteiger partial charge in [0.25, 0.3) is 11.5 Å². The number of likely N-dealkylation sites (N-methyl/N-ethyl adjacent to an activating group) is 1. The number of H-pyrrole nitrogens is 1. The van der Waals surface area contributed by atoms with Crippen LogP contribution in [-0.2, 0) is 0 Å². The molecule has 2 heterocycles. The first-order valence-electron chi connectivity index (χ1n) is 4.72. The molecular weight excluding hydrogens is 196 g/mol. The molecule has 1 aromatic rings. The van der Waals surface area contributed by atoms with Crippen LogP contribution in [0.4, 0.5) is 0 Å².